The highest BCUT2D eigenvalue weighted by molar-refractivity contribution is 5.56. The average Bonchev–Trinajstić information content (AvgIpc) is 2.18. The average molecular weight is 191 g/mol. The van der Waals surface area contributed by atoms with E-state index >= 15 is 0 Å². The molecule has 4 heteroatoms. The first-order chi connectivity index (χ1) is 6.61. The van der Waals surface area contributed by atoms with Crippen LogP contribution >= 0.6 is 0 Å². The molecule has 0 unspecified atom stereocenters. The van der Waals surface area contributed by atoms with Crippen molar-refractivity contribution < 1.29 is 4.39 Å². The molecule has 1 aromatic carbocycles. The molecule has 0 aliphatic rings. The molecule has 0 aliphatic carbocycles. The molecule has 3 nitrogen and oxygen atoms in total. The summed E-state index contributed by atoms with van der Waals surface area (Å²) in [5.74, 6) is -0.667. The van der Waals surface area contributed by atoms with Crippen LogP contribution in [-0.2, 0) is 0 Å². The van der Waals surface area contributed by atoms with Crippen molar-refractivity contribution in [2.75, 3.05) is 5.73 Å². The third kappa shape index (κ3) is 1.58. The molecule has 1 atom stereocenters. The normalized spacial score (nSPS) is 11.8. The van der Waals surface area contributed by atoms with Gasteiger partial charge in [-0.2, -0.15) is 5.26 Å². The summed E-state index contributed by atoms with van der Waals surface area (Å²) in [7, 11) is 0. The van der Waals surface area contributed by atoms with Gasteiger partial charge in [0.2, 0.25) is 0 Å². The van der Waals surface area contributed by atoms with Gasteiger partial charge in [-0.05, 0) is 6.07 Å². The van der Waals surface area contributed by atoms with Gasteiger partial charge in [0.05, 0.1) is 11.7 Å². The molecule has 14 heavy (non-hydrogen) atoms. The lowest BCUT2D eigenvalue weighted by atomic mass is 10.0. The molecule has 72 valence electrons. The van der Waals surface area contributed by atoms with Crippen molar-refractivity contribution in [2.45, 2.75) is 6.04 Å². The summed E-state index contributed by atoms with van der Waals surface area (Å²) in [5, 5.41) is 8.64. The van der Waals surface area contributed by atoms with E-state index in [2.05, 4.69) is 6.58 Å². The maximum absolute atomic E-state index is 13.5. The number of nitrogens with zero attached hydrogens (tertiary/aromatic N) is 1. The van der Waals surface area contributed by atoms with Gasteiger partial charge in [0.25, 0.3) is 0 Å². The summed E-state index contributed by atoms with van der Waals surface area (Å²) in [5.41, 5.74) is 11.2. The van der Waals surface area contributed by atoms with Crippen molar-refractivity contribution in [3.05, 3.63) is 41.7 Å². The first-order valence-electron chi connectivity index (χ1n) is 3.98. The second kappa shape index (κ2) is 3.90. The van der Waals surface area contributed by atoms with Gasteiger partial charge in [0.1, 0.15) is 17.4 Å². The van der Waals surface area contributed by atoms with Crippen LogP contribution in [0.5, 0.6) is 0 Å². The standard InChI is InChI=1S/C10H10FN3/c1-2-8(13)6-3-4-9(14)7(5-12)10(6)11/h2-4,8H,1,13-14H2/t8-/m0/s1. The Balaban J connectivity index is 3.37. The Morgan fingerprint density at radius 2 is 2.21 bits per heavy atom. The van der Waals surface area contributed by atoms with Gasteiger partial charge < -0.3 is 11.5 Å². The molecule has 0 spiro atoms. The van der Waals surface area contributed by atoms with E-state index < -0.39 is 11.9 Å². The molecule has 0 saturated carbocycles. The second-order valence-electron chi connectivity index (χ2n) is 2.81. The zero-order valence-corrected chi connectivity index (χ0v) is 7.50. The number of hydrogen-bond acceptors (Lipinski definition) is 3. The number of nitrogens with two attached hydrogens (primary N) is 2. The molecule has 1 aromatic rings. The van der Waals surface area contributed by atoms with E-state index in [9.17, 15) is 4.39 Å². The summed E-state index contributed by atoms with van der Waals surface area (Å²) < 4.78 is 13.5. The largest absolute Gasteiger partial charge is 0.398 e. The third-order valence-corrected chi connectivity index (χ3v) is 1.93. The first kappa shape index (κ1) is 10.2. The molecule has 0 fully saturated rings. The summed E-state index contributed by atoms with van der Waals surface area (Å²) in [6.07, 6.45) is 1.40. The van der Waals surface area contributed by atoms with Gasteiger partial charge in [-0.15, -0.1) is 6.58 Å². The number of anilines is 1. The Bertz CT molecular complexity index is 407. The number of rotatable bonds is 2. The molecule has 0 saturated heterocycles. The second-order valence-corrected chi connectivity index (χ2v) is 2.81. The van der Waals surface area contributed by atoms with Crippen LogP contribution in [-0.4, -0.2) is 0 Å². The van der Waals surface area contributed by atoms with Gasteiger partial charge in [-0.25, -0.2) is 4.39 Å². The first-order valence-corrected chi connectivity index (χ1v) is 3.98. The van der Waals surface area contributed by atoms with Crippen LogP contribution in [0.3, 0.4) is 0 Å². The fourth-order valence-electron chi connectivity index (χ4n) is 1.11. The lowest BCUT2D eigenvalue weighted by molar-refractivity contribution is 0.599. The highest BCUT2D eigenvalue weighted by Gasteiger charge is 2.14. The van der Waals surface area contributed by atoms with E-state index in [1.807, 2.05) is 0 Å². The Morgan fingerprint density at radius 3 is 2.71 bits per heavy atom. The lowest BCUT2D eigenvalue weighted by Crippen LogP contribution is -2.10. The number of benzene rings is 1. The Morgan fingerprint density at radius 1 is 1.57 bits per heavy atom. The number of nitrogen functional groups attached to an aromatic ring is 1. The summed E-state index contributed by atoms with van der Waals surface area (Å²) in [6, 6.07) is 3.99. The fraction of sp³-hybridized carbons (Fsp3) is 0.100. The van der Waals surface area contributed by atoms with Crippen molar-refractivity contribution in [2.24, 2.45) is 5.73 Å². The predicted octanol–water partition coefficient (Wildman–Crippen LogP) is 1.47. The Labute approximate surface area is 81.4 Å². The van der Waals surface area contributed by atoms with Crippen LogP contribution < -0.4 is 11.5 Å². The quantitative estimate of drug-likeness (QED) is 0.549. The topological polar surface area (TPSA) is 75.8 Å². The van der Waals surface area contributed by atoms with Gasteiger partial charge >= 0.3 is 0 Å². The highest BCUT2D eigenvalue weighted by Crippen LogP contribution is 2.23. The van der Waals surface area contributed by atoms with Gasteiger partial charge in [-0.1, -0.05) is 12.1 Å². The van der Waals surface area contributed by atoms with E-state index in [1.54, 1.807) is 6.07 Å². The van der Waals surface area contributed by atoms with Crippen molar-refractivity contribution in [1.29, 1.82) is 5.26 Å². The monoisotopic (exact) mass is 191 g/mol. The molecule has 1 rings (SSSR count). The maximum Gasteiger partial charge on any atom is 0.148 e. The van der Waals surface area contributed by atoms with Crippen LogP contribution in [0, 0.1) is 17.1 Å². The summed E-state index contributed by atoms with van der Waals surface area (Å²) >= 11 is 0. The fourth-order valence-corrected chi connectivity index (χ4v) is 1.11. The summed E-state index contributed by atoms with van der Waals surface area (Å²) in [6.45, 7) is 3.45. The van der Waals surface area contributed by atoms with E-state index in [0.717, 1.165) is 0 Å². The molecule has 0 aromatic heterocycles. The molecule has 0 radical (unpaired) electrons. The predicted molar refractivity (Wildman–Crippen MR) is 52.7 cm³/mol. The van der Waals surface area contributed by atoms with Crippen molar-refractivity contribution in [1.82, 2.24) is 0 Å². The minimum atomic E-state index is -0.667. The smallest absolute Gasteiger partial charge is 0.148 e. The van der Waals surface area contributed by atoms with E-state index in [0.29, 0.717) is 0 Å². The molecule has 0 aliphatic heterocycles. The van der Waals surface area contributed by atoms with E-state index in [1.165, 1.54) is 18.2 Å². The van der Waals surface area contributed by atoms with Crippen LogP contribution in [0.15, 0.2) is 24.8 Å². The van der Waals surface area contributed by atoms with Crippen LogP contribution in [0.1, 0.15) is 17.2 Å². The summed E-state index contributed by atoms with van der Waals surface area (Å²) in [4.78, 5) is 0. The molecular formula is C10H10FN3. The minimum absolute atomic E-state index is 0.116. The number of nitriles is 1. The maximum atomic E-state index is 13.5. The molecular weight excluding hydrogens is 181 g/mol. The van der Waals surface area contributed by atoms with Crippen molar-refractivity contribution in [3.63, 3.8) is 0 Å². The number of hydrogen-bond donors (Lipinski definition) is 2. The van der Waals surface area contributed by atoms with E-state index in [-0.39, 0.29) is 16.8 Å². The van der Waals surface area contributed by atoms with Crippen LogP contribution in [0.4, 0.5) is 10.1 Å². The highest BCUT2D eigenvalue weighted by atomic mass is 19.1. The zero-order valence-electron chi connectivity index (χ0n) is 7.50. The molecule has 4 N–H and O–H groups in total. The lowest BCUT2D eigenvalue weighted by Gasteiger charge is -2.09. The van der Waals surface area contributed by atoms with Crippen LogP contribution in [0.2, 0.25) is 0 Å². The van der Waals surface area contributed by atoms with Crippen LogP contribution in [0.25, 0.3) is 0 Å². The zero-order chi connectivity index (χ0) is 10.7. The van der Waals surface area contributed by atoms with E-state index in [4.69, 9.17) is 16.7 Å². The minimum Gasteiger partial charge on any atom is -0.398 e. The van der Waals surface area contributed by atoms with Gasteiger partial charge in [0.15, 0.2) is 0 Å². The SMILES string of the molecule is C=C[C@H](N)c1ccc(N)c(C#N)c1F. The Kier molecular flexibility index (Phi) is 2.85. The van der Waals surface area contributed by atoms with Gasteiger partial charge in [0, 0.05) is 5.56 Å². The molecule has 0 amide bonds. The third-order valence-electron chi connectivity index (χ3n) is 1.93. The molecule has 0 bridgehead atoms. The molecule has 0 heterocycles. The Hall–Kier alpha value is -1.86. The van der Waals surface area contributed by atoms with Gasteiger partial charge in [-0.3, -0.25) is 0 Å². The number of halogens is 1. The van der Waals surface area contributed by atoms with Crippen molar-refractivity contribution in [3.8, 4) is 6.07 Å². The van der Waals surface area contributed by atoms with Crippen molar-refractivity contribution >= 4 is 5.69 Å².